The molecule has 0 spiro atoms. The first kappa shape index (κ1) is 11.6. The zero-order chi connectivity index (χ0) is 11.5. The molecule has 1 aromatic rings. The smallest absolute Gasteiger partial charge is 0.253 e. The van der Waals surface area contributed by atoms with Crippen molar-refractivity contribution in [2.24, 2.45) is 5.92 Å². The highest BCUT2D eigenvalue weighted by molar-refractivity contribution is 9.10. The molecule has 0 N–H and O–H groups in total. The molecule has 0 saturated heterocycles. The summed E-state index contributed by atoms with van der Waals surface area (Å²) in [4.78, 5) is 17.9. The van der Waals surface area contributed by atoms with Gasteiger partial charge in [0.15, 0.2) is 0 Å². The topological polar surface area (TPSA) is 33.2 Å². The van der Waals surface area contributed by atoms with E-state index in [1.165, 1.54) is 19.3 Å². The molecule has 0 aromatic carbocycles. The highest BCUT2D eigenvalue weighted by atomic mass is 79.9. The fourth-order valence-electron chi connectivity index (χ4n) is 1.90. The number of amides is 1. The lowest BCUT2D eigenvalue weighted by Gasteiger charge is -2.30. The molecule has 86 valence electrons. The number of hydrogen-bond acceptors (Lipinski definition) is 2. The SMILES string of the molecule is CN(CC1CCC1)C(=O)c1ccnc(Br)c1. The predicted molar refractivity (Wildman–Crippen MR) is 66.2 cm³/mol. The molecule has 1 saturated carbocycles. The number of carbonyl (C=O) groups excluding carboxylic acids is 1. The van der Waals surface area contributed by atoms with Crippen molar-refractivity contribution in [1.82, 2.24) is 9.88 Å². The first-order chi connectivity index (χ1) is 7.66. The Kier molecular flexibility index (Phi) is 3.59. The van der Waals surface area contributed by atoms with E-state index in [0.29, 0.717) is 16.1 Å². The fraction of sp³-hybridized carbons (Fsp3) is 0.500. The van der Waals surface area contributed by atoms with Crippen molar-refractivity contribution in [2.75, 3.05) is 13.6 Å². The molecule has 0 atom stereocenters. The van der Waals surface area contributed by atoms with E-state index in [2.05, 4.69) is 20.9 Å². The lowest BCUT2D eigenvalue weighted by Crippen LogP contribution is -2.34. The van der Waals surface area contributed by atoms with Gasteiger partial charge in [-0.1, -0.05) is 6.42 Å². The van der Waals surface area contributed by atoms with Crippen molar-refractivity contribution < 1.29 is 4.79 Å². The summed E-state index contributed by atoms with van der Waals surface area (Å²) in [5, 5.41) is 0. The van der Waals surface area contributed by atoms with Gasteiger partial charge in [-0.2, -0.15) is 0 Å². The molecule has 1 fully saturated rings. The van der Waals surface area contributed by atoms with E-state index in [1.54, 1.807) is 18.3 Å². The van der Waals surface area contributed by atoms with Crippen LogP contribution in [0.3, 0.4) is 0 Å². The molecule has 2 rings (SSSR count). The van der Waals surface area contributed by atoms with Gasteiger partial charge in [-0.25, -0.2) is 4.98 Å². The molecule has 1 heterocycles. The number of pyridine rings is 1. The maximum absolute atomic E-state index is 12.0. The van der Waals surface area contributed by atoms with Crippen molar-refractivity contribution in [3.63, 3.8) is 0 Å². The van der Waals surface area contributed by atoms with Crippen LogP contribution < -0.4 is 0 Å². The zero-order valence-corrected chi connectivity index (χ0v) is 10.9. The minimum absolute atomic E-state index is 0.0787. The summed E-state index contributed by atoms with van der Waals surface area (Å²) in [5.74, 6) is 0.786. The van der Waals surface area contributed by atoms with Crippen molar-refractivity contribution in [3.8, 4) is 0 Å². The molecular weight excluding hydrogens is 268 g/mol. The van der Waals surface area contributed by atoms with Gasteiger partial charge in [0.25, 0.3) is 5.91 Å². The van der Waals surface area contributed by atoms with Crippen LogP contribution in [0.1, 0.15) is 29.6 Å². The third kappa shape index (κ3) is 2.61. The second-order valence-electron chi connectivity index (χ2n) is 4.35. The van der Waals surface area contributed by atoms with Crippen LogP contribution in [0.2, 0.25) is 0 Å². The Bertz CT molecular complexity index is 390. The van der Waals surface area contributed by atoms with Gasteiger partial charge in [-0.3, -0.25) is 4.79 Å². The number of aromatic nitrogens is 1. The monoisotopic (exact) mass is 282 g/mol. The van der Waals surface area contributed by atoms with Gasteiger partial charge in [-0.15, -0.1) is 0 Å². The average Bonchev–Trinajstić information content (AvgIpc) is 2.22. The normalized spacial score (nSPS) is 15.6. The maximum atomic E-state index is 12.0. The molecule has 16 heavy (non-hydrogen) atoms. The Labute approximate surface area is 104 Å². The molecule has 1 amide bonds. The summed E-state index contributed by atoms with van der Waals surface area (Å²) in [6.07, 6.45) is 5.48. The van der Waals surface area contributed by atoms with Crippen LogP contribution in [0.25, 0.3) is 0 Å². The molecule has 3 nitrogen and oxygen atoms in total. The van der Waals surface area contributed by atoms with E-state index < -0.39 is 0 Å². The van der Waals surface area contributed by atoms with Crippen molar-refractivity contribution >= 4 is 21.8 Å². The second-order valence-corrected chi connectivity index (χ2v) is 5.16. The average molecular weight is 283 g/mol. The first-order valence-corrected chi connectivity index (χ1v) is 6.33. The van der Waals surface area contributed by atoms with Crippen molar-refractivity contribution in [1.29, 1.82) is 0 Å². The van der Waals surface area contributed by atoms with Crippen LogP contribution in [-0.2, 0) is 0 Å². The highest BCUT2D eigenvalue weighted by Gasteiger charge is 2.22. The van der Waals surface area contributed by atoms with Crippen molar-refractivity contribution in [3.05, 3.63) is 28.5 Å². The molecule has 1 aromatic heterocycles. The van der Waals surface area contributed by atoms with E-state index >= 15 is 0 Å². The fourth-order valence-corrected chi connectivity index (χ4v) is 2.27. The van der Waals surface area contributed by atoms with Gasteiger partial charge < -0.3 is 4.90 Å². The van der Waals surface area contributed by atoms with E-state index in [9.17, 15) is 4.79 Å². The summed E-state index contributed by atoms with van der Waals surface area (Å²) >= 11 is 3.27. The summed E-state index contributed by atoms with van der Waals surface area (Å²) < 4.78 is 0.704. The van der Waals surface area contributed by atoms with E-state index in [4.69, 9.17) is 0 Å². The molecular formula is C12H15BrN2O. The number of hydrogen-bond donors (Lipinski definition) is 0. The Hall–Kier alpha value is -0.900. The third-order valence-corrected chi connectivity index (χ3v) is 3.51. The Morgan fingerprint density at radius 3 is 2.94 bits per heavy atom. The molecule has 0 radical (unpaired) electrons. The number of carbonyl (C=O) groups is 1. The van der Waals surface area contributed by atoms with Crippen molar-refractivity contribution in [2.45, 2.75) is 19.3 Å². The van der Waals surface area contributed by atoms with Crippen LogP contribution in [0.5, 0.6) is 0 Å². The predicted octanol–water partition coefficient (Wildman–Crippen LogP) is 2.72. The van der Waals surface area contributed by atoms with Gasteiger partial charge in [0.05, 0.1) is 0 Å². The number of nitrogens with zero attached hydrogens (tertiary/aromatic N) is 2. The van der Waals surface area contributed by atoms with Crippen LogP contribution in [-0.4, -0.2) is 29.4 Å². The standard InChI is InChI=1S/C12H15BrN2O/c1-15(8-9-3-2-4-9)12(16)10-5-6-14-11(13)7-10/h5-7,9H,2-4,8H2,1H3. The quantitative estimate of drug-likeness (QED) is 0.799. The summed E-state index contributed by atoms with van der Waals surface area (Å²) in [6, 6.07) is 3.52. The van der Waals surface area contributed by atoms with E-state index in [0.717, 1.165) is 6.54 Å². The second kappa shape index (κ2) is 4.95. The van der Waals surface area contributed by atoms with E-state index in [1.807, 2.05) is 11.9 Å². The molecule has 0 unspecified atom stereocenters. The minimum atomic E-state index is 0.0787. The van der Waals surface area contributed by atoms with Crippen LogP contribution >= 0.6 is 15.9 Å². The first-order valence-electron chi connectivity index (χ1n) is 5.54. The summed E-state index contributed by atoms with van der Waals surface area (Å²) in [7, 11) is 1.87. The molecule has 1 aliphatic carbocycles. The van der Waals surface area contributed by atoms with Crippen LogP contribution in [0.4, 0.5) is 0 Å². The minimum Gasteiger partial charge on any atom is -0.341 e. The van der Waals surface area contributed by atoms with E-state index in [-0.39, 0.29) is 5.91 Å². The van der Waals surface area contributed by atoms with Crippen LogP contribution in [0.15, 0.2) is 22.9 Å². The Morgan fingerprint density at radius 2 is 2.38 bits per heavy atom. The van der Waals surface area contributed by atoms with Gasteiger partial charge in [0.1, 0.15) is 4.60 Å². The van der Waals surface area contributed by atoms with Gasteiger partial charge in [0, 0.05) is 25.4 Å². The third-order valence-electron chi connectivity index (χ3n) is 3.08. The molecule has 1 aliphatic rings. The summed E-state index contributed by atoms with van der Waals surface area (Å²) in [5.41, 5.74) is 0.698. The molecule has 4 heteroatoms. The van der Waals surface area contributed by atoms with Crippen LogP contribution in [0, 0.1) is 5.92 Å². The largest absolute Gasteiger partial charge is 0.341 e. The molecule has 0 bridgehead atoms. The van der Waals surface area contributed by atoms with Gasteiger partial charge >= 0.3 is 0 Å². The lowest BCUT2D eigenvalue weighted by molar-refractivity contribution is 0.0745. The maximum Gasteiger partial charge on any atom is 0.253 e. The lowest BCUT2D eigenvalue weighted by atomic mass is 9.85. The highest BCUT2D eigenvalue weighted by Crippen LogP contribution is 2.27. The van der Waals surface area contributed by atoms with Gasteiger partial charge in [-0.05, 0) is 46.8 Å². The Balaban J connectivity index is 2.00. The summed E-state index contributed by atoms with van der Waals surface area (Å²) in [6.45, 7) is 0.874. The van der Waals surface area contributed by atoms with Gasteiger partial charge in [0.2, 0.25) is 0 Å². The zero-order valence-electron chi connectivity index (χ0n) is 9.32. The number of rotatable bonds is 3. The Morgan fingerprint density at radius 1 is 1.62 bits per heavy atom. The number of halogens is 1. The molecule has 0 aliphatic heterocycles.